The number of hydrogen-bond donors (Lipinski definition) is 1. The third-order valence-electron chi connectivity index (χ3n) is 2.63. The molecule has 3 heteroatoms. The van der Waals surface area contributed by atoms with E-state index in [4.69, 9.17) is 9.47 Å². The molecule has 0 rings (SSSR count). The van der Waals surface area contributed by atoms with Crippen molar-refractivity contribution in [1.82, 2.24) is 5.32 Å². The Balaban J connectivity index is 3.52. The third kappa shape index (κ3) is 12.1. The molecular weight excluding hydrogens is 214 g/mol. The molecule has 0 heterocycles. The largest absolute Gasteiger partial charge is 0.382 e. The van der Waals surface area contributed by atoms with Crippen molar-refractivity contribution in [3.05, 3.63) is 0 Å². The van der Waals surface area contributed by atoms with Gasteiger partial charge in [0.25, 0.3) is 0 Å². The van der Waals surface area contributed by atoms with E-state index in [2.05, 4.69) is 26.1 Å². The van der Waals surface area contributed by atoms with Crippen molar-refractivity contribution in [2.24, 2.45) is 5.92 Å². The van der Waals surface area contributed by atoms with Gasteiger partial charge in [-0.1, -0.05) is 40.0 Å². The van der Waals surface area contributed by atoms with Gasteiger partial charge >= 0.3 is 0 Å². The summed E-state index contributed by atoms with van der Waals surface area (Å²) in [5.74, 6) is 0.683. The van der Waals surface area contributed by atoms with Gasteiger partial charge in [0.1, 0.15) is 0 Å². The van der Waals surface area contributed by atoms with Crippen LogP contribution in [0, 0.1) is 5.92 Å². The zero-order valence-electron chi connectivity index (χ0n) is 12.1. The lowest BCUT2D eigenvalue weighted by molar-refractivity contribution is -0.00262. The summed E-state index contributed by atoms with van der Waals surface area (Å²) < 4.78 is 11.0. The smallest absolute Gasteiger partial charge is 0.0932 e. The Labute approximate surface area is 107 Å². The van der Waals surface area contributed by atoms with Gasteiger partial charge in [-0.3, -0.25) is 0 Å². The Hall–Kier alpha value is -0.120. The van der Waals surface area contributed by atoms with E-state index < -0.39 is 0 Å². The monoisotopic (exact) mass is 245 g/mol. The van der Waals surface area contributed by atoms with Crippen LogP contribution >= 0.6 is 0 Å². The number of unbranched alkanes of at least 4 members (excludes halogenated alkanes) is 3. The molecule has 0 aromatic heterocycles. The molecule has 0 aromatic carbocycles. The second-order valence-electron chi connectivity index (χ2n) is 5.06. The Morgan fingerprint density at radius 1 is 1.06 bits per heavy atom. The van der Waals surface area contributed by atoms with Gasteiger partial charge in [0.2, 0.25) is 0 Å². The molecular formula is C14H31NO2. The summed E-state index contributed by atoms with van der Waals surface area (Å²) in [5, 5.41) is 3.42. The summed E-state index contributed by atoms with van der Waals surface area (Å²) in [6.45, 7) is 10.1. The van der Waals surface area contributed by atoms with Crippen molar-refractivity contribution in [3.8, 4) is 0 Å². The fourth-order valence-corrected chi connectivity index (χ4v) is 1.66. The standard InChI is InChI=1S/C14H31NO2/c1-5-6-7-8-9-17-14(12-16-4)11-15-10-13(2)3/h13-15H,5-12H2,1-4H3. The van der Waals surface area contributed by atoms with E-state index in [0.717, 1.165) is 26.1 Å². The van der Waals surface area contributed by atoms with E-state index in [1.807, 2.05) is 0 Å². The zero-order valence-corrected chi connectivity index (χ0v) is 12.1. The van der Waals surface area contributed by atoms with E-state index in [1.165, 1.54) is 19.3 Å². The van der Waals surface area contributed by atoms with Crippen LogP contribution in [0.2, 0.25) is 0 Å². The number of nitrogens with one attached hydrogen (secondary N) is 1. The van der Waals surface area contributed by atoms with Crippen LogP contribution in [-0.4, -0.2) is 39.5 Å². The highest BCUT2D eigenvalue weighted by Gasteiger charge is 2.08. The van der Waals surface area contributed by atoms with Crippen LogP contribution in [-0.2, 0) is 9.47 Å². The van der Waals surface area contributed by atoms with Crippen LogP contribution in [0.15, 0.2) is 0 Å². The first-order valence-corrected chi connectivity index (χ1v) is 7.01. The van der Waals surface area contributed by atoms with Crippen molar-refractivity contribution in [2.45, 2.75) is 52.6 Å². The van der Waals surface area contributed by atoms with Crippen LogP contribution in [0.4, 0.5) is 0 Å². The number of ether oxygens (including phenoxy) is 2. The molecule has 0 spiro atoms. The molecule has 0 aromatic rings. The number of rotatable bonds is 12. The summed E-state index contributed by atoms with van der Waals surface area (Å²) in [7, 11) is 1.73. The molecule has 3 nitrogen and oxygen atoms in total. The van der Waals surface area contributed by atoms with Gasteiger partial charge < -0.3 is 14.8 Å². The van der Waals surface area contributed by atoms with Crippen LogP contribution < -0.4 is 5.32 Å². The maximum absolute atomic E-state index is 5.82. The molecule has 0 aliphatic rings. The molecule has 104 valence electrons. The topological polar surface area (TPSA) is 30.5 Å². The summed E-state index contributed by atoms with van der Waals surface area (Å²) >= 11 is 0. The normalized spacial score (nSPS) is 13.2. The molecule has 1 unspecified atom stereocenters. The Kier molecular flexibility index (Phi) is 12.3. The molecule has 0 bridgehead atoms. The van der Waals surface area contributed by atoms with E-state index in [9.17, 15) is 0 Å². The first-order chi connectivity index (χ1) is 8.20. The van der Waals surface area contributed by atoms with Gasteiger partial charge in [0.05, 0.1) is 12.7 Å². The molecule has 0 aliphatic heterocycles. The number of hydrogen-bond acceptors (Lipinski definition) is 3. The van der Waals surface area contributed by atoms with Gasteiger partial charge in [-0.05, 0) is 18.9 Å². The molecule has 0 saturated heterocycles. The lowest BCUT2D eigenvalue weighted by Gasteiger charge is -2.18. The third-order valence-corrected chi connectivity index (χ3v) is 2.63. The van der Waals surface area contributed by atoms with E-state index in [0.29, 0.717) is 12.5 Å². The highest BCUT2D eigenvalue weighted by Crippen LogP contribution is 2.01. The van der Waals surface area contributed by atoms with Crippen LogP contribution in [0.25, 0.3) is 0 Å². The van der Waals surface area contributed by atoms with Crippen molar-refractivity contribution < 1.29 is 9.47 Å². The zero-order chi connectivity index (χ0) is 12.9. The summed E-state index contributed by atoms with van der Waals surface area (Å²) in [4.78, 5) is 0. The molecule has 0 fully saturated rings. The van der Waals surface area contributed by atoms with Crippen molar-refractivity contribution in [2.75, 3.05) is 33.4 Å². The summed E-state index contributed by atoms with van der Waals surface area (Å²) in [6.07, 6.45) is 5.22. The second kappa shape index (κ2) is 12.3. The number of methoxy groups -OCH3 is 1. The molecule has 17 heavy (non-hydrogen) atoms. The van der Waals surface area contributed by atoms with Crippen molar-refractivity contribution in [3.63, 3.8) is 0 Å². The predicted molar refractivity (Wildman–Crippen MR) is 73.5 cm³/mol. The van der Waals surface area contributed by atoms with Gasteiger partial charge in [-0.2, -0.15) is 0 Å². The minimum Gasteiger partial charge on any atom is -0.382 e. The molecule has 1 N–H and O–H groups in total. The lowest BCUT2D eigenvalue weighted by atomic mass is 10.2. The first kappa shape index (κ1) is 16.9. The maximum Gasteiger partial charge on any atom is 0.0932 e. The van der Waals surface area contributed by atoms with Crippen LogP contribution in [0.3, 0.4) is 0 Å². The highest BCUT2D eigenvalue weighted by molar-refractivity contribution is 4.62. The summed E-state index contributed by atoms with van der Waals surface area (Å²) in [5.41, 5.74) is 0. The highest BCUT2D eigenvalue weighted by atomic mass is 16.5. The van der Waals surface area contributed by atoms with Gasteiger partial charge in [0, 0.05) is 20.3 Å². The van der Waals surface area contributed by atoms with E-state index in [1.54, 1.807) is 7.11 Å². The molecule has 0 saturated carbocycles. The lowest BCUT2D eigenvalue weighted by Crippen LogP contribution is -2.34. The Morgan fingerprint density at radius 3 is 2.41 bits per heavy atom. The van der Waals surface area contributed by atoms with Gasteiger partial charge in [0.15, 0.2) is 0 Å². The SMILES string of the molecule is CCCCCCOC(CNCC(C)C)COC. The maximum atomic E-state index is 5.82. The minimum absolute atomic E-state index is 0.195. The summed E-state index contributed by atoms with van der Waals surface area (Å²) in [6, 6.07) is 0. The molecule has 1 atom stereocenters. The Bertz CT molecular complexity index is 151. The molecule has 0 amide bonds. The van der Waals surface area contributed by atoms with Crippen LogP contribution in [0.5, 0.6) is 0 Å². The minimum atomic E-state index is 0.195. The van der Waals surface area contributed by atoms with Crippen LogP contribution in [0.1, 0.15) is 46.5 Å². The Morgan fingerprint density at radius 2 is 1.82 bits per heavy atom. The van der Waals surface area contributed by atoms with Crippen molar-refractivity contribution >= 4 is 0 Å². The van der Waals surface area contributed by atoms with Gasteiger partial charge in [-0.15, -0.1) is 0 Å². The average Bonchev–Trinajstić information content (AvgIpc) is 2.28. The van der Waals surface area contributed by atoms with E-state index in [-0.39, 0.29) is 6.10 Å². The first-order valence-electron chi connectivity index (χ1n) is 7.01. The van der Waals surface area contributed by atoms with Crippen molar-refractivity contribution in [1.29, 1.82) is 0 Å². The average molecular weight is 245 g/mol. The predicted octanol–water partition coefficient (Wildman–Crippen LogP) is 2.84. The quantitative estimate of drug-likeness (QED) is 0.536. The fraction of sp³-hybridized carbons (Fsp3) is 1.00. The molecule has 0 radical (unpaired) electrons. The van der Waals surface area contributed by atoms with E-state index >= 15 is 0 Å². The van der Waals surface area contributed by atoms with Gasteiger partial charge in [-0.25, -0.2) is 0 Å². The fourth-order valence-electron chi connectivity index (χ4n) is 1.66. The molecule has 0 aliphatic carbocycles. The second-order valence-corrected chi connectivity index (χ2v) is 5.06.